The Morgan fingerprint density at radius 2 is 2.22 bits per heavy atom. The van der Waals surface area contributed by atoms with Gasteiger partial charge in [0.25, 0.3) is 0 Å². The zero-order valence-electron chi connectivity index (χ0n) is 10.9. The molecule has 0 aliphatic heterocycles. The minimum Gasteiger partial charge on any atom is -0.469 e. The highest BCUT2D eigenvalue weighted by Gasteiger charge is 2.08. The van der Waals surface area contributed by atoms with Gasteiger partial charge in [0.1, 0.15) is 17.0 Å². The lowest BCUT2D eigenvalue weighted by Gasteiger charge is -1.99. The van der Waals surface area contributed by atoms with E-state index in [0.29, 0.717) is 0 Å². The Balaban J connectivity index is 1.83. The molecular formula is C13H19N3OS. The standard InChI is InChI=1S/C13H19N3OS/c1-3-6-14-7-4-5-12-15-16-13(18-12)11-8-10(2)17-9-11/h8-9,14H,3-7H2,1-2H3. The van der Waals surface area contributed by atoms with Crippen LogP contribution in [-0.4, -0.2) is 23.3 Å². The fourth-order valence-electron chi connectivity index (χ4n) is 1.69. The number of hydrogen-bond donors (Lipinski definition) is 1. The van der Waals surface area contributed by atoms with Crippen molar-refractivity contribution < 1.29 is 4.42 Å². The van der Waals surface area contributed by atoms with Gasteiger partial charge in [-0.2, -0.15) is 0 Å². The van der Waals surface area contributed by atoms with Crippen LogP contribution in [0.15, 0.2) is 16.7 Å². The molecule has 0 bridgehead atoms. The lowest BCUT2D eigenvalue weighted by molar-refractivity contribution is 0.535. The van der Waals surface area contributed by atoms with E-state index in [1.807, 2.05) is 13.0 Å². The van der Waals surface area contributed by atoms with Gasteiger partial charge >= 0.3 is 0 Å². The van der Waals surface area contributed by atoms with Gasteiger partial charge in [0.15, 0.2) is 5.01 Å². The molecule has 0 atom stereocenters. The number of nitrogens with zero attached hydrogens (tertiary/aromatic N) is 2. The summed E-state index contributed by atoms with van der Waals surface area (Å²) in [6.07, 6.45) is 5.02. The average Bonchev–Trinajstić information content (AvgIpc) is 2.97. The summed E-state index contributed by atoms with van der Waals surface area (Å²) in [5, 5.41) is 13.9. The number of rotatable bonds is 7. The van der Waals surface area contributed by atoms with Gasteiger partial charge in [-0.15, -0.1) is 10.2 Å². The van der Waals surface area contributed by atoms with E-state index in [4.69, 9.17) is 4.42 Å². The number of aryl methyl sites for hydroxylation is 2. The quantitative estimate of drug-likeness (QED) is 0.782. The molecule has 2 heterocycles. The number of aromatic nitrogens is 2. The van der Waals surface area contributed by atoms with Crippen molar-refractivity contribution in [2.45, 2.75) is 33.1 Å². The van der Waals surface area contributed by atoms with Crippen LogP contribution >= 0.6 is 11.3 Å². The van der Waals surface area contributed by atoms with Crippen molar-refractivity contribution in [3.05, 3.63) is 23.1 Å². The van der Waals surface area contributed by atoms with Crippen molar-refractivity contribution in [3.63, 3.8) is 0 Å². The molecule has 1 N–H and O–H groups in total. The van der Waals surface area contributed by atoms with Gasteiger partial charge in [0.2, 0.25) is 0 Å². The van der Waals surface area contributed by atoms with E-state index in [1.54, 1.807) is 17.6 Å². The third-order valence-electron chi connectivity index (χ3n) is 2.62. The smallest absolute Gasteiger partial charge is 0.151 e. The predicted octanol–water partition coefficient (Wildman–Crippen LogP) is 3.04. The summed E-state index contributed by atoms with van der Waals surface area (Å²) in [7, 11) is 0. The lowest BCUT2D eigenvalue weighted by Crippen LogP contribution is -2.16. The van der Waals surface area contributed by atoms with Gasteiger partial charge in [-0.3, -0.25) is 0 Å². The van der Waals surface area contributed by atoms with Crippen LogP contribution in [0.3, 0.4) is 0 Å². The third-order valence-corrected chi connectivity index (χ3v) is 3.65. The molecule has 0 unspecified atom stereocenters. The molecule has 0 aromatic carbocycles. The van der Waals surface area contributed by atoms with E-state index < -0.39 is 0 Å². The first kappa shape index (κ1) is 13.2. The molecule has 0 amide bonds. The van der Waals surface area contributed by atoms with Crippen LogP contribution in [-0.2, 0) is 6.42 Å². The Morgan fingerprint density at radius 3 is 2.94 bits per heavy atom. The van der Waals surface area contributed by atoms with Crippen LogP contribution in [0.1, 0.15) is 30.5 Å². The first-order valence-electron chi connectivity index (χ1n) is 6.38. The molecule has 18 heavy (non-hydrogen) atoms. The molecule has 98 valence electrons. The van der Waals surface area contributed by atoms with Crippen LogP contribution in [0, 0.1) is 6.92 Å². The Kier molecular flexibility index (Phi) is 4.90. The largest absolute Gasteiger partial charge is 0.469 e. The molecule has 2 aromatic rings. The Hall–Kier alpha value is -1.20. The molecule has 2 rings (SSSR count). The first-order chi connectivity index (χ1) is 8.79. The van der Waals surface area contributed by atoms with Crippen molar-refractivity contribution >= 4 is 11.3 Å². The summed E-state index contributed by atoms with van der Waals surface area (Å²) in [5.41, 5.74) is 1.03. The van der Waals surface area contributed by atoms with E-state index in [1.165, 1.54) is 6.42 Å². The normalized spacial score (nSPS) is 11.0. The van der Waals surface area contributed by atoms with E-state index >= 15 is 0 Å². The molecule has 0 radical (unpaired) electrons. The summed E-state index contributed by atoms with van der Waals surface area (Å²) in [6.45, 7) is 6.25. The number of nitrogens with one attached hydrogen (secondary N) is 1. The van der Waals surface area contributed by atoms with Crippen LogP contribution in [0.4, 0.5) is 0 Å². The maximum absolute atomic E-state index is 5.28. The maximum Gasteiger partial charge on any atom is 0.151 e. The van der Waals surface area contributed by atoms with Gasteiger partial charge in [-0.05, 0) is 38.9 Å². The zero-order chi connectivity index (χ0) is 12.8. The van der Waals surface area contributed by atoms with Crippen molar-refractivity contribution in [2.24, 2.45) is 0 Å². The van der Waals surface area contributed by atoms with Crippen molar-refractivity contribution in [1.29, 1.82) is 0 Å². The molecule has 0 saturated heterocycles. The summed E-state index contributed by atoms with van der Waals surface area (Å²) >= 11 is 1.65. The van der Waals surface area contributed by atoms with Gasteiger partial charge in [-0.25, -0.2) is 0 Å². The van der Waals surface area contributed by atoms with Crippen LogP contribution < -0.4 is 5.32 Å². The topological polar surface area (TPSA) is 51.0 Å². The van der Waals surface area contributed by atoms with E-state index in [9.17, 15) is 0 Å². The summed E-state index contributed by atoms with van der Waals surface area (Å²) in [6, 6.07) is 1.99. The molecule has 0 fully saturated rings. The highest BCUT2D eigenvalue weighted by atomic mass is 32.1. The maximum atomic E-state index is 5.28. The second-order valence-electron chi connectivity index (χ2n) is 4.30. The third kappa shape index (κ3) is 3.65. The molecule has 0 aliphatic carbocycles. The highest BCUT2D eigenvalue weighted by Crippen LogP contribution is 2.25. The van der Waals surface area contributed by atoms with Gasteiger partial charge in [0, 0.05) is 6.42 Å². The van der Waals surface area contributed by atoms with Gasteiger partial charge in [-0.1, -0.05) is 18.3 Å². The monoisotopic (exact) mass is 265 g/mol. The second kappa shape index (κ2) is 6.66. The Labute approximate surface area is 111 Å². The van der Waals surface area contributed by atoms with Crippen molar-refractivity contribution in [2.75, 3.05) is 13.1 Å². The average molecular weight is 265 g/mol. The molecule has 0 saturated carbocycles. The molecule has 0 aliphatic rings. The summed E-state index contributed by atoms with van der Waals surface area (Å²) < 4.78 is 5.28. The second-order valence-corrected chi connectivity index (χ2v) is 5.36. The molecule has 5 heteroatoms. The fraction of sp³-hybridized carbons (Fsp3) is 0.538. The van der Waals surface area contributed by atoms with Gasteiger partial charge < -0.3 is 9.73 Å². The van der Waals surface area contributed by atoms with E-state index in [-0.39, 0.29) is 0 Å². The van der Waals surface area contributed by atoms with Crippen LogP contribution in [0.25, 0.3) is 10.6 Å². The molecule has 0 spiro atoms. The Bertz CT molecular complexity index is 478. The number of hydrogen-bond acceptors (Lipinski definition) is 5. The summed E-state index contributed by atoms with van der Waals surface area (Å²) in [5.74, 6) is 0.908. The van der Waals surface area contributed by atoms with Crippen molar-refractivity contribution in [3.8, 4) is 10.6 Å². The minimum atomic E-state index is 0.908. The zero-order valence-corrected chi connectivity index (χ0v) is 11.7. The molecule has 4 nitrogen and oxygen atoms in total. The molecule has 2 aromatic heterocycles. The predicted molar refractivity (Wildman–Crippen MR) is 73.8 cm³/mol. The van der Waals surface area contributed by atoms with Crippen molar-refractivity contribution in [1.82, 2.24) is 15.5 Å². The SMILES string of the molecule is CCCNCCCc1nnc(-c2coc(C)c2)s1. The molecular weight excluding hydrogens is 246 g/mol. The first-order valence-corrected chi connectivity index (χ1v) is 7.20. The highest BCUT2D eigenvalue weighted by molar-refractivity contribution is 7.14. The van der Waals surface area contributed by atoms with Crippen LogP contribution in [0.5, 0.6) is 0 Å². The van der Waals surface area contributed by atoms with Gasteiger partial charge in [0.05, 0.1) is 5.56 Å². The summed E-state index contributed by atoms with van der Waals surface area (Å²) in [4.78, 5) is 0. The lowest BCUT2D eigenvalue weighted by atomic mass is 10.3. The fourth-order valence-corrected chi connectivity index (χ4v) is 2.55. The van der Waals surface area contributed by atoms with E-state index in [0.717, 1.165) is 47.3 Å². The minimum absolute atomic E-state index is 0.908. The Morgan fingerprint density at radius 1 is 1.33 bits per heavy atom. The number of furan rings is 1. The van der Waals surface area contributed by atoms with E-state index in [2.05, 4.69) is 22.4 Å². The van der Waals surface area contributed by atoms with Crippen LogP contribution in [0.2, 0.25) is 0 Å².